The Hall–Kier alpha value is -2.56. The van der Waals surface area contributed by atoms with Crippen LogP contribution in [0.5, 0.6) is 0 Å². The van der Waals surface area contributed by atoms with E-state index in [0.717, 1.165) is 33.8 Å². The highest BCUT2D eigenvalue weighted by Gasteiger charge is 2.32. The molecule has 1 aliphatic rings. The maximum atomic E-state index is 11.8. The topological polar surface area (TPSA) is 73.6 Å². The molecule has 0 aliphatic carbocycles. The number of amides is 1. The first kappa shape index (κ1) is 12.2. The molecule has 2 aromatic heterocycles. The SMILES string of the molecule is CC1(C)CC(=O)Nc2cc3nc(-c4ccc[nH]4)[nH]c3cc21. The fourth-order valence-corrected chi connectivity index (χ4v) is 3.02. The Bertz CT molecular complexity index is 843. The number of benzene rings is 1. The van der Waals surface area contributed by atoms with Crippen LogP contribution in [0.1, 0.15) is 25.8 Å². The van der Waals surface area contributed by atoms with Crippen LogP contribution in [-0.2, 0) is 10.2 Å². The Morgan fingerprint density at radius 1 is 1.29 bits per heavy atom. The van der Waals surface area contributed by atoms with Crippen molar-refractivity contribution in [3.05, 3.63) is 36.0 Å². The normalized spacial score (nSPS) is 16.8. The molecule has 0 atom stereocenters. The third-order valence-corrected chi connectivity index (χ3v) is 4.08. The number of hydrogen-bond acceptors (Lipinski definition) is 2. The van der Waals surface area contributed by atoms with Gasteiger partial charge in [-0.1, -0.05) is 13.8 Å². The standard InChI is InChI=1S/C16H16N4O/c1-16(2)8-14(21)18-11-7-13-12(6-9(11)16)19-15(20-13)10-4-3-5-17-10/h3-7,17H,8H2,1-2H3,(H,18,21)(H,19,20). The Morgan fingerprint density at radius 3 is 2.90 bits per heavy atom. The third kappa shape index (κ3) is 1.85. The van der Waals surface area contributed by atoms with E-state index in [1.54, 1.807) is 0 Å². The molecule has 0 bridgehead atoms. The van der Waals surface area contributed by atoms with Crippen LogP contribution >= 0.6 is 0 Å². The number of carbonyl (C=O) groups excluding carboxylic acids is 1. The summed E-state index contributed by atoms with van der Waals surface area (Å²) in [6.07, 6.45) is 2.38. The van der Waals surface area contributed by atoms with Gasteiger partial charge in [0.05, 0.1) is 16.7 Å². The highest BCUT2D eigenvalue weighted by Crippen LogP contribution is 2.39. The van der Waals surface area contributed by atoms with Crippen LogP contribution in [-0.4, -0.2) is 20.9 Å². The second kappa shape index (κ2) is 3.97. The van der Waals surface area contributed by atoms with Crippen molar-refractivity contribution >= 4 is 22.6 Å². The summed E-state index contributed by atoms with van der Waals surface area (Å²) in [6.45, 7) is 4.19. The first-order chi connectivity index (χ1) is 10.0. The molecule has 1 aliphatic heterocycles. The van der Waals surface area contributed by atoms with Crippen molar-refractivity contribution in [2.24, 2.45) is 0 Å². The van der Waals surface area contributed by atoms with Crippen LogP contribution in [0.4, 0.5) is 5.69 Å². The van der Waals surface area contributed by atoms with Crippen molar-refractivity contribution in [2.75, 3.05) is 5.32 Å². The van der Waals surface area contributed by atoms with Gasteiger partial charge in [-0.15, -0.1) is 0 Å². The molecule has 4 rings (SSSR count). The van der Waals surface area contributed by atoms with Crippen LogP contribution < -0.4 is 5.32 Å². The van der Waals surface area contributed by atoms with Gasteiger partial charge in [0.25, 0.3) is 0 Å². The fourth-order valence-electron chi connectivity index (χ4n) is 3.02. The number of H-pyrrole nitrogens is 2. The minimum absolute atomic E-state index is 0.0620. The first-order valence-corrected chi connectivity index (χ1v) is 7.01. The lowest BCUT2D eigenvalue weighted by molar-refractivity contribution is -0.117. The summed E-state index contributed by atoms with van der Waals surface area (Å²) in [5.41, 5.74) is 4.65. The summed E-state index contributed by atoms with van der Waals surface area (Å²) < 4.78 is 0. The molecule has 3 N–H and O–H groups in total. The molecule has 0 unspecified atom stereocenters. The van der Waals surface area contributed by atoms with Gasteiger partial charge in [0.15, 0.2) is 5.82 Å². The number of nitrogens with zero attached hydrogens (tertiary/aromatic N) is 1. The third-order valence-electron chi connectivity index (χ3n) is 4.08. The zero-order valence-corrected chi connectivity index (χ0v) is 11.9. The molecule has 0 radical (unpaired) electrons. The highest BCUT2D eigenvalue weighted by molar-refractivity contribution is 5.98. The number of aromatic nitrogens is 3. The van der Waals surface area contributed by atoms with Gasteiger partial charge in [-0.05, 0) is 29.8 Å². The number of aromatic amines is 2. The van der Waals surface area contributed by atoms with Crippen molar-refractivity contribution in [3.8, 4) is 11.5 Å². The molecule has 21 heavy (non-hydrogen) atoms. The molecule has 106 valence electrons. The Labute approximate surface area is 121 Å². The minimum Gasteiger partial charge on any atom is -0.359 e. The monoisotopic (exact) mass is 280 g/mol. The van der Waals surface area contributed by atoms with Crippen molar-refractivity contribution in [1.82, 2.24) is 15.0 Å². The molecular formula is C16H16N4O. The number of nitrogens with one attached hydrogen (secondary N) is 3. The van der Waals surface area contributed by atoms with Crippen molar-refractivity contribution < 1.29 is 4.79 Å². The van der Waals surface area contributed by atoms with Gasteiger partial charge in [-0.2, -0.15) is 0 Å². The van der Waals surface area contributed by atoms with Crippen LogP contribution in [0, 0.1) is 0 Å². The van der Waals surface area contributed by atoms with E-state index in [1.165, 1.54) is 0 Å². The average molecular weight is 280 g/mol. The second-order valence-corrected chi connectivity index (χ2v) is 6.19. The number of fused-ring (bicyclic) bond motifs is 2. The molecule has 3 aromatic rings. The van der Waals surface area contributed by atoms with Crippen molar-refractivity contribution in [1.29, 1.82) is 0 Å². The lowest BCUT2D eigenvalue weighted by atomic mass is 9.78. The quantitative estimate of drug-likeness (QED) is 0.640. The summed E-state index contributed by atoms with van der Waals surface area (Å²) in [5, 5.41) is 2.95. The zero-order chi connectivity index (χ0) is 14.6. The van der Waals surface area contributed by atoms with Gasteiger partial charge in [0.1, 0.15) is 0 Å². The van der Waals surface area contributed by atoms with E-state index in [-0.39, 0.29) is 11.3 Å². The van der Waals surface area contributed by atoms with Gasteiger partial charge >= 0.3 is 0 Å². The van der Waals surface area contributed by atoms with Crippen LogP contribution in [0.2, 0.25) is 0 Å². The number of rotatable bonds is 1. The lowest BCUT2D eigenvalue weighted by Gasteiger charge is -2.31. The van der Waals surface area contributed by atoms with Crippen molar-refractivity contribution in [2.45, 2.75) is 25.7 Å². The molecule has 3 heterocycles. The minimum atomic E-state index is -0.163. The molecule has 1 amide bonds. The molecular weight excluding hydrogens is 264 g/mol. The van der Waals surface area contributed by atoms with Gasteiger partial charge in [-0.25, -0.2) is 4.98 Å². The number of hydrogen-bond donors (Lipinski definition) is 3. The van der Waals surface area contributed by atoms with E-state index in [9.17, 15) is 4.79 Å². The summed E-state index contributed by atoms with van der Waals surface area (Å²) >= 11 is 0. The predicted octanol–water partition coefficient (Wildman–Crippen LogP) is 3.18. The summed E-state index contributed by atoms with van der Waals surface area (Å²) in [6, 6.07) is 7.97. The Kier molecular flexibility index (Phi) is 2.31. The van der Waals surface area contributed by atoms with Crippen LogP contribution in [0.3, 0.4) is 0 Å². The van der Waals surface area contributed by atoms with Gasteiger partial charge < -0.3 is 15.3 Å². The first-order valence-electron chi connectivity index (χ1n) is 7.01. The summed E-state index contributed by atoms with van der Waals surface area (Å²) in [5.74, 6) is 0.869. The maximum Gasteiger partial charge on any atom is 0.225 e. The summed E-state index contributed by atoms with van der Waals surface area (Å²) in [7, 11) is 0. The van der Waals surface area contributed by atoms with Gasteiger partial charge in [0, 0.05) is 23.7 Å². The molecule has 5 nitrogen and oxygen atoms in total. The highest BCUT2D eigenvalue weighted by atomic mass is 16.1. The van der Waals surface area contributed by atoms with E-state index < -0.39 is 0 Å². The zero-order valence-electron chi connectivity index (χ0n) is 11.9. The van der Waals surface area contributed by atoms with E-state index in [0.29, 0.717) is 6.42 Å². The molecule has 1 aromatic carbocycles. The van der Waals surface area contributed by atoms with E-state index >= 15 is 0 Å². The van der Waals surface area contributed by atoms with Gasteiger partial charge in [-0.3, -0.25) is 4.79 Å². The van der Waals surface area contributed by atoms with Crippen LogP contribution in [0.25, 0.3) is 22.6 Å². The lowest BCUT2D eigenvalue weighted by Crippen LogP contribution is -2.32. The molecule has 0 fully saturated rings. The van der Waals surface area contributed by atoms with Crippen molar-refractivity contribution in [3.63, 3.8) is 0 Å². The predicted molar refractivity (Wildman–Crippen MR) is 82.2 cm³/mol. The molecule has 0 saturated heterocycles. The molecule has 0 spiro atoms. The molecule has 5 heteroatoms. The van der Waals surface area contributed by atoms with Crippen LogP contribution in [0.15, 0.2) is 30.5 Å². The van der Waals surface area contributed by atoms with E-state index in [4.69, 9.17) is 0 Å². The number of imidazole rings is 1. The Balaban J connectivity index is 1.92. The van der Waals surface area contributed by atoms with E-state index in [2.05, 4.69) is 40.2 Å². The Morgan fingerprint density at radius 2 is 2.14 bits per heavy atom. The largest absolute Gasteiger partial charge is 0.359 e. The fraction of sp³-hybridized carbons (Fsp3) is 0.250. The average Bonchev–Trinajstić information content (AvgIpc) is 3.04. The second-order valence-electron chi connectivity index (χ2n) is 6.19. The maximum absolute atomic E-state index is 11.8. The smallest absolute Gasteiger partial charge is 0.225 e. The van der Waals surface area contributed by atoms with Gasteiger partial charge in [0.2, 0.25) is 5.91 Å². The number of carbonyl (C=O) groups is 1. The summed E-state index contributed by atoms with van der Waals surface area (Å²) in [4.78, 5) is 22.9. The molecule has 0 saturated carbocycles. The van der Waals surface area contributed by atoms with E-state index in [1.807, 2.05) is 24.4 Å². The number of anilines is 1.